The van der Waals surface area contributed by atoms with E-state index in [4.69, 9.17) is 5.73 Å². The van der Waals surface area contributed by atoms with Gasteiger partial charge >= 0.3 is 5.97 Å². The Morgan fingerprint density at radius 3 is 2.81 bits per heavy atom. The number of benzene rings is 1. The molecule has 0 saturated carbocycles. The zero-order chi connectivity index (χ0) is 15.6. The first-order chi connectivity index (χ1) is 9.93. The average molecular weight is 292 g/mol. The number of hydrogen-bond donors (Lipinski definition) is 2. The molecule has 7 heteroatoms. The zero-order valence-corrected chi connectivity index (χ0v) is 12.1. The average Bonchev–Trinajstić information content (AvgIpc) is 2.77. The van der Waals surface area contributed by atoms with Crippen molar-refractivity contribution in [1.82, 2.24) is 9.78 Å². The number of methoxy groups -OCH3 is 1. The third kappa shape index (κ3) is 2.96. The Kier molecular flexibility index (Phi) is 4.11. The molecule has 0 atom stereocenters. The third-order valence-electron chi connectivity index (χ3n) is 3.35. The highest BCUT2D eigenvalue weighted by molar-refractivity contribution is 5.96. The quantitative estimate of drug-likeness (QED) is 0.664. The summed E-state index contributed by atoms with van der Waals surface area (Å²) in [4.78, 5) is 11.6. The van der Waals surface area contributed by atoms with Crippen molar-refractivity contribution < 1.29 is 13.9 Å². The number of nitrogen functional groups attached to an aromatic ring is 1. The molecule has 2 aromatic rings. The number of nitrogens with zero attached hydrogens (tertiary/aromatic N) is 2. The summed E-state index contributed by atoms with van der Waals surface area (Å²) in [6.07, 6.45) is 1.71. The summed E-state index contributed by atoms with van der Waals surface area (Å²) < 4.78 is 20.2. The van der Waals surface area contributed by atoms with Crippen LogP contribution in [0.2, 0.25) is 0 Å². The van der Waals surface area contributed by atoms with Gasteiger partial charge in [-0.1, -0.05) is 0 Å². The smallest absolute Gasteiger partial charge is 0.340 e. The van der Waals surface area contributed by atoms with Crippen LogP contribution < -0.4 is 11.1 Å². The molecular formula is C14H17FN4O2. The van der Waals surface area contributed by atoms with Gasteiger partial charge in [-0.3, -0.25) is 4.68 Å². The molecule has 0 fully saturated rings. The fourth-order valence-electron chi connectivity index (χ4n) is 1.92. The van der Waals surface area contributed by atoms with Crippen molar-refractivity contribution in [2.24, 2.45) is 7.05 Å². The summed E-state index contributed by atoms with van der Waals surface area (Å²) in [5, 5.41) is 7.05. The van der Waals surface area contributed by atoms with Crippen LogP contribution in [0.4, 0.5) is 15.8 Å². The van der Waals surface area contributed by atoms with Gasteiger partial charge in [0.1, 0.15) is 5.82 Å². The molecule has 1 aromatic heterocycles. The molecule has 0 aliphatic heterocycles. The van der Waals surface area contributed by atoms with Crippen molar-refractivity contribution >= 4 is 17.3 Å². The van der Waals surface area contributed by atoms with Crippen molar-refractivity contribution in [1.29, 1.82) is 0 Å². The number of nitrogens with two attached hydrogens (primary N) is 1. The van der Waals surface area contributed by atoms with Crippen LogP contribution in [0, 0.1) is 12.7 Å². The molecule has 1 aromatic carbocycles. The Morgan fingerprint density at radius 1 is 1.52 bits per heavy atom. The molecule has 0 aliphatic rings. The number of carbonyl (C=O) groups is 1. The van der Waals surface area contributed by atoms with E-state index in [0.717, 1.165) is 17.3 Å². The number of esters is 1. The van der Waals surface area contributed by atoms with E-state index in [-0.39, 0.29) is 16.9 Å². The molecule has 0 amide bonds. The highest BCUT2D eigenvalue weighted by Crippen LogP contribution is 2.23. The lowest BCUT2D eigenvalue weighted by Crippen LogP contribution is -2.09. The fourth-order valence-corrected chi connectivity index (χ4v) is 1.92. The van der Waals surface area contributed by atoms with Gasteiger partial charge in [0.2, 0.25) is 0 Å². The molecule has 21 heavy (non-hydrogen) atoms. The first-order valence-electron chi connectivity index (χ1n) is 6.32. The number of ether oxygens (including phenoxy) is 1. The van der Waals surface area contributed by atoms with Crippen LogP contribution in [-0.2, 0) is 18.3 Å². The Labute approximate surface area is 121 Å². The van der Waals surface area contributed by atoms with Gasteiger partial charge in [0, 0.05) is 30.5 Å². The second-order valence-corrected chi connectivity index (χ2v) is 4.64. The molecule has 1 heterocycles. The monoisotopic (exact) mass is 292 g/mol. The zero-order valence-electron chi connectivity index (χ0n) is 12.1. The topological polar surface area (TPSA) is 82.2 Å². The molecule has 0 saturated heterocycles. The minimum absolute atomic E-state index is 0.0439. The molecule has 6 nitrogen and oxygen atoms in total. The molecule has 2 rings (SSSR count). The van der Waals surface area contributed by atoms with Gasteiger partial charge in [0.05, 0.1) is 24.6 Å². The van der Waals surface area contributed by atoms with Gasteiger partial charge in [-0.2, -0.15) is 5.10 Å². The molecular weight excluding hydrogens is 275 g/mol. The second-order valence-electron chi connectivity index (χ2n) is 4.64. The number of halogens is 1. The first-order valence-corrected chi connectivity index (χ1v) is 6.32. The van der Waals surface area contributed by atoms with Crippen molar-refractivity contribution in [3.8, 4) is 0 Å². The number of anilines is 2. The predicted octanol–water partition coefficient (Wildman–Crippen LogP) is 1.85. The van der Waals surface area contributed by atoms with Crippen molar-refractivity contribution in [3.05, 3.63) is 41.0 Å². The molecule has 0 bridgehead atoms. The predicted molar refractivity (Wildman–Crippen MR) is 77.4 cm³/mol. The van der Waals surface area contributed by atoms with Crippen molar-refractivity contribution in [3.63, 3.8) is 0 Å². The van der Waals surface area contributed by atoms with Crippen molar-refractivity contribution in [2.75, 3.05) is 18.2 Å². The van der Waals surface area contributed by atoms with Gasteiger partial charge in [0.15, 0.2) is 0 Å². The largest absolute Gasteiger partial charge is 0.465 e. The maximum Gasteiger partial charge on any atom is 0.340 e. The Morgan fingerprint density at radius 2 is 2.24 bits per heavy atom. The van der Waals surface area contributed by atoms with Crippen LogP contribution in [0.1, 0.15) is 21.6 Å². The summed E-state index contributed by atoms with van der Waals surface area (Å²) in [6, 6.07) is 2.45. The highest BCUT2D eigenvalue weighted by Gasteiger charge is 2.15. The van der Waals surface area contributed by atoms with Gasteiger partial charge < -0.3 is 15.8 Å². The first kappa shape index (κ1) is 14.8. The van der Waals surface area contributed by atoms with Gasteiger partial charge in [-0.25, -0.2) is 9.18 Å². The van der Waals surface area contributed by atoms with Crippen LogP contribution in [0.3, 0.4) is 0 Å². The summed E-state index contributed by atoms with van der Waals surface area (Å²) in [5.74, 6) is -1.13. The summed E-state index contributed by atoms with van der Waals surface area (Å²) >= 11 is 0. The lowest BCUT2D eigenvalue weighted by molar-refractivity contribution is 0.0602. The number of rotatable bonds is 4. The summed E-state index contributed by atoms with van der Waals surface area (Å²) in [6.45, 7) is 2.31. The number of aryl methyl sites for hydroxylation is 1. The molecule has 0 spiro atoms. The number of nitrogens with one attached hydrogen (secondary N) is 1. The number of hydrogen-bond acceptors (Lipinski definition) is 5. The van der Waals surface area contributed by atoms with Crippen LogP contribution in [0.25, 0.3) is 0 Å². The number of carbonyl (C=O) groups excluding carboxylic acids is 1. The fraction of sp³-hybridized carbons (Fsp3) is 0.286. The summed E-state index contributed by atoms with van der Waals surface area (Å²) in [7, 11) is 3.08. The SMILES string of the molecule is COC(=O)c1cc(NCc2cnn(C)c2C)c(F)cc1N. The van der Waals surface area contributed by atoms with Crippen LogP contribution in [-0.4, -0.2) is 22.9 Å². The normalized spacial score (nSPS) is 10.5. The van der Waals surface area contributed by atoms with E-state index in [0.29, 0.717) is 6.54 Å². The Balaban J connectivity index is 2.23. The minimum atomic E-state index is -0.604. The van der Waals surface area contributed by atoms with E-state index in [1.165, 1.54) is 13.2 Å². The minimum Gasteiger partial charge on any atom is -0.465 e. The van der Waals surface area contributed by atoms with E-state index < -0.39 is 11.8 Å². The van der Waals surface area contributed by atoms with Crippen LogP contribution in [0.15, 0.2) is 18.3 Å². The lowest BCUT2D eigenvalue weighted by Gasteiger charge is -2.11. The number of aromatic nitrogens is 2. The molecule has 112 valence electrons. The highest BCUT2D eigenvalue weighted by atomic mass is 19.1. The van der Waals surface area contributed by atoms with E-state index in [9.17, 15) is 9.18 Å². The maximum atomic E-state index is 13.9. The van der Waals surface area contributed by atoms with E-state index in [1.807, 2.05) is 14.0 Å². The second kappa shape index (κ2) is 5.82. The van der Waals surface area contributed by atoms with E-state index >= 15 is 0 Å². The summed E-state index contributed by atoms with van der Waals surface area (Å²) in [5.41, 5.74) is 7.90. The van der Waals surface area contributed by atoms with Gasteiger partial charge in [0.25, 0.3) is 0 Å². The van der Waals surface area contributed by atoms with Crippen LogP contribution in [0.5, 0.6) is 0 Å². The van der Waals surface area contributed by atoms with Gasteiger partial charge in [-0.05, 0) is 19.1 Å². The van der Waals surface area contributed by atoms with Crippen molar-refractivity contribution in [2.45, 2.75) is 13.5 Å². The molecule has 0 radical (unpaired) electrons. The molecule has 3 N–H and O–H groups in total. The Bertz CT molecular complexity index is 682. The Hall–Kier alpha value is -2.57. The van der Waals surface area contributed by atoms with Crippen LogP contribution >= 0.6 is 0 Å². The maximum absolute atomic E-state index is 13.9. The lowest BCUT2D eigenvalue weighted by atomic mass is 10.1. The van der Waals surface area contributed by atoms with E-state index in [2.05, 4.69) is 15.2 Å². The standard InChI is InChI=1S/C14H17FN4O2/c1-8-9(7-18-19(8)2)6-17-13-4-10(14(20)21-3)12(16)5-11(13)15/h4-5,7,17H,6,16H2,1-3H3. The van der Waals surface area contributed by atoms with Gasteiger partial charge in [-0.15, -0.1) is 0 Å². The third-order valence-corrected chi connectivity index (χ3v) is 3.35. The molecule has 0 aliphatic carbocycles. The van der Waals surface area contributed by atoms with E-state index in [1.54, 1.807) is 10.9 Å². The molecule has 0 unspecified atom stereocenters.